The predicted molar refractivity (Wildman–Crippen MR) is 121 cm³/mol. The van der Waals surface area contributed by atoms with E-state index in [1.165, 1.54) is 5.57 Å². The minimum absolute atomic E-state index is 0.0302. The lowest BCUT2D eigenvalue weighted by Crippen LogP contribution is -2.33. The largest absolute Gasteiger partial charge is 0.289 e. The number of rotatable bonds is 6. The summed E-state index contributed by atoms with van der Waals surface area (Å²) in [5, 5.41) is 0. The third-order valence-corrected chi connectivity index (χ3v) is 7.60. The van der Waals surface area contributed by atoms with Crippen LogP contribution in [-0.2, 0) is 10.0 Å². The van der Waals surface area contributed by atoms with Gasteiger partial charge in [-0.25, -0.2) is 13.1 Å². The van der Waals surface area contributed by atoms with Crippen molar-refractivity contribution in [1.29, 1.82) is 0 Å². The highest BCUT2D eigenvalue weighted by atomic mass is 32.2. The molecule has 2 aromatic carbocycles. The second-order valence-corrected chi connectivity index (χ2v) is 9.67. The summed E-state index contributed by atoms with van der Waals surface area (Å²) in [7, 11) is -3.72. The first kappa shape index (κ1) is 22.4. The van der Waals surface area contributed by atoms with E-state index in [2.05, 4.69) is 18.6 Å². The molecule has 0 aromatic heterocycles. The number of sulfonamides is 1. The fraction of sp³-hybridized carbons (Fsp3) is 0.400. The monoisotopic (exact) mass is 425 g/mol. The number of ketones is 1. The number of fused-ring (bicyclic) bond motifs is 1. The Labute approximate surface area is 180 Å². The quantitative estimate of drug-likeness (QED) is 0.641. The highest BCUT2D eigenvalue weighted by Crippen LogP contribution is 2.38. The number of hydrogen-bond acceptors (Lipinski definition) is 3. The maximum absolute atomic E-state index is 13.4. The van der Waals surface area contributed by atoms with Crippen molar-refractivity contribution in [3.05, 3.63) is 76.4 Å². The molecule has 0 fully saturated rings. The predicted octanol–water partition coefficient (Wildman–Crippen LogP) is 5.74. The molecule has 3 rings (SSSR count). The number of nitrogens with one attached hydrogen (secondary N) is 1. The topological polar surface area (TPSA) is 63.2 Å². The fourth-order valence-corrected chi connectivity index (χ4v) is 5.73. The van der Waals surface area contributed by atoms with E-state index < -0.39 is 16.1 Å². The molecular weight excluding hydrogens is 394 g/mol. The zero-order chi connectivity index (χ0) is 21.9. The summed E-state index contributed by atoms with van der Waals surface area (Å²) in [4.78, 5) is 13.7. The van der Waals surface area contributed by atoms with Crippen molar-refractivity contribution in [3.63, 3.8) is 0 Å². The van der Waals surface area contributed by atoms with Gasteiger partial charge in [0.25, 0.3) is 0 Å². The number of carbonyl (C=O) groups is 1. The Kier molecular flexibility index (Phi) is 6.94. The molecule has 0 aliphatic heterocycles. The van der Waals surface area contributed by atoms with E-state index in [9.17, 15) is 13.2 Å². The van der Waals surface area contributed by atoms with E-state index in [1.54, 1.807) is 24.3 Å². The van der Waals surface area contributed by atoms with Gasteiger partial charge >= 0.3 is 0 Å². The smallest absolute Gasteiger partial charge is 0.241 e. The summed E-state index contributed by atoms with van der Waals surface area (Å²) < 4.78 is 29.2. The molecule has 0 saturated carbocycles. The zero-order valence-corrected chi connectivity index (χ0v) is 19.1. The standard InChI is InChI=1S/C25H31NO3S/c1-5-18-16-24(26-30(28,29)19-14-12-17(4)13-15-19)22-10-8-9-11-23(22)25(27)21(7-3)20(18)6-2/h8-15,18,24,26H,5-7,16H2,1-4H3/t18-,24-/m1/s1. The van der Waals surface area contributed by atoms with Crippen LogP contribution in [0.5, 0.6) is 0 Å². The van der Waals surface area contributed by atoms with E-state index in [4.69, 9.17) is 0 Å². The molecule has 0 heterocycles. The third-order valence-electron chi connectivity index (χ3n) is 6.11. The summed E-state index contributed by atoms with van der Waals surface area (Å²) in [6.45, 7) is 8.14. The zero-order valence-electron chi connectivity index (χ0n) is 18.2. The van der Waals surface area contributed by atoms with Crippen molar-refractivity contribution >= 4 is 15.8 Å². The third kappa shape index (κ3) is 4.42. The van der Waals surface area contributed by atoms with Crippen LogP contribution in [0.3, 0.4) is 0 Å². The molecule has 1 aliphatic rings. The lowest BCUT2D eigenvalue weighted by Gasteiger charge is -2.31. The minimum Gasteiger partial charge on any atom is -0.289 e. The van der Waals surface area contributed by atoms with Gasteiger partial charge in [-0.15, -0.1) is 0 Å². The second kappa shape index (κ2) is 9.27. The molecule has 2 aromatic rings. The normalized spacial score (nSPS) is 19.9. The summed E-state index contributed by atoms with van der Waals surface area (Å²) in [6.07, 6.45) is 2.99. The fourth-order valence-electron chi connectivity index (χ4n) is 4.50. The van der Waals surface area contributed by atoms with Gasteiger partial charge < -0.3 is 0 Å². The number of carbonyl (C=O) groups excluding carboxylic acids is 1. The SMILES string of the molecule is CCC1=C(CC)[C@H](CC)C[C@@H](NS(=O)(=O)c2ccc(C)cc2)c2ccccc2C1=O. The van der Waals surface area contributed by atoms with Crippen LogP contribution in [0, 0.1) is 12.8 Å². The van der Waals surface area contributed by atoms with Gasteiger partial charge in [-0.3, -0.25) is 4.79 Å². The lowest BCUT2D eigenvalue weighted by molar-refractivity contribution is 0.102. The van der Waals surface area contributed by atoms with E-state index in [0.29, 0.717) is 18.4 Å². The molecule has 0 spiro atoms. The average molecular weight is 426 g/mol. The average Bonchev–Trinajstić information content (AvgIpc) is 2.74. The first-order valence-corrected chi connectivity index (χ1v) is 12.2. The van der Waals surface area contributed by atoms with Crippen molar-refractivity contribution in [1.82, 2.24) is 4.72 Å². The molecule has 0 bridgehead atoms. The number of allylic oxidation sites excluding steroid dienone is 2. The first-order valence-electron chi connectivity index (χ1n) is 10.8. The molecule has 4 nitrogen and oxygen atoms in total. The first-order chi connectivity index (χ1) is 14.3. The Morgan fingerprint density at radius 3 is 2.23 bits per heavy atom. The number of Topliss-reactive ketones (excluding diaryl/α,β-unsaturated/α-hetero) is 1. The molecule has 1 aliphatic carbocycles. The summed E-state index contributed by atoms with van der Waals surface area (Å²) >= 11 is 0. The van der Waals surface area contributed by atoms with Crippen LogP contribution in [0.1, 0.15) is 74.0 Å². The summed E-state index contributed by atoms with van der Waals surface area (Å²) in [6, 6.07) is 13.8. The second-order valence-electron chi connectivity index (χ2n) is 7.96. The molecule has 1 N–H and O–H groups in total. The number of aryl methyl sites for hydroxylation is 1. The van der Waals surface area contributed by atoms with Crippen LogP contribution in [-0.4, -0.2) is 14.2 Å². The van der Waals surface area contributed by atoms with Gasteiger partial charge in [0, 0.05) is 11.6 Å². The highest BCUT2D eigenvalue weighted by Gasteiger charge is 2.32. The van der Waals surface area contributed by atoms with Crippen LogP contribution >= 0.6 is 0 Å². The molecule has 0 amide bonds. The van der Waals surface area contributed by atoms with Crippen molar-refractivity contribution < 1.29 is 13.2 Å². The number of benzene rings is 2. The van der Waals surface area contributed by atoms with Gasteiger partial charge in [-0.05, 0) is 61.8 Å². The van der Waals surface area contributed by atoms with Crippen molar-refractivity contribution in [3.8, 4) is 0 Å². The molecule has 5 heteroatoms. The summed E-state index contributed by atoms with van der Waals surface area (Å²) in [5.74, 6) is 0.190. The van der Waals surface area contributed by atoms with E-state index in [-0.39, 0.29) is 16.6 Å². The molecule has 0 saturated heterocycles. The van der Waals surface area contributed by atoms with Crippen LogP contribution in [0.25, 0.3) is 0 Å². The van der Waals surface area contributed by atoms with Crippen molar-refractivity contribution in [2.45, 2.75) is 64.3 Å². The number of hydrogen-bond donors (Lipinski definition) is 1. The minimum atomic E-state index is -3.72. The Balaban J connectivity index is 2.11. The molecule has 30 heavy (non-hydrogen) atoms. The Morgan fingerprint density at radius 1 is 0.967 bits per heavy atom. The Hall–Kier alpha value is -2.24. The van der Waals surface area contributed by atoms with Crippen LogP contribution in [0.15, 0.2) is 64.6 Å². The summed E-state index contributed by atoms with van der Waals surface area (Å²) in [5.41, 5.74) is 4.42. The van der Waals surface area contributed by atoms with E-state index in [1.807, 2.05) is 38.1 Å². The van der Waals surface area contributed by atoms with Gasteiger partial charge in [-0.2, -0.15) is 0 Å². The van der Waals surface area contributed by atoms with Gasteiger partial charge in [0.2, 0.25) is 10.0 Å². The van der Waals surface area contributed by atoms with Crippen LogP contribution < -0.4 is 4.72 Å². The van der Waals surface area contributed by atoms with Gasteiger partial charge in [0.05, 0.1) is 4.90 Å². The highest BCUT2D eigenvalue weighted by molar-refractivity contribution is 7.89. The maximum atomic E-state index is 13.4. The lowest BCUT2D eigenvalue weighted by atomic mass is 9.77. The van der Waals surface area contributed by atoms with Crippen molar-refractivity contribution in [2.75, 3.05) is 0 Å². The van der Waals surface area contributed by atoms with Crippen molar-refractivity contribution in [2.24, 2.45) is 5.92 Å². The van der Waals surface area contributed by atoms with Gasteiger partial charge in [-0.1, -0.05) is 68.3 Å². The molecule has 0 radical (unpaired) electrons. The molecule has 2 atom stereocenters. The van der Waals surface area contributed by atoms with Crippen LogP contribution in [0.4, 0.5) is 0 Å². The van der Waals surface area contributed by atoms with Gasteiger partial charge in [0.15, 0.2) is 5.78 Å². The Bertz CT molecular complexity index is 1050. The van der Waals surface area contributed by atoms with E-state index in [0.717, 1.165) is 29.5 Å². The van der Waals surface area contributed by atoms with Crippen LogP contribution in [0.2, 0.25) is 0 Å². The Morgan fingerprint density at radius 2 is 1.63 bits per heavy atom. The van der Waals surface area contributed by atoms with E-state index >= 15 is 0 Å². The molecule has 160 valence electrons. The maximum Gasteiger partial charge on any atom is 0.241 e. The molecular formula is C25H31NO3S. The van der Waals surface area contributed by atoms with Gasteiger partial charge in [0.1, 0.15) is 0 Å². The molecule has 0 unspecified atom stereocenters.